The summed E-state index contributed by atoms with van der Waals surface area (Å²) in [4.78, 5) is 12.3. The van der Waals surface area contributed by atoms with Crippen LogP contribution in [-0.2, 0) is 6.61 Å². The van der Waals surface area contributed by atoms with Crippen LogP contribution >= 0.6 is 0 Å². The van der Waals surface area contributed by atoms with Crippen LogP contribution in [0.2, 0.25) is 0 Å². The molecule has 0 atom stereocenters. The monoisotopic (exact) mass is 388 g/mol. The molecule has 1 aliphatic rings. The Morgan fingerprint density at radius 3 is 2.48 bits per heavy atom. The van der Waals surface area contributed by atoms with Crippen LogP contribution in [0.4, 0.5) is 0 Å². The predicted octanol–water partition coefficient (Wildman–Crippen LogP) is 4.15. The SMILES string of the molecule is C/C(=N/NC(=O)c1ccc2c(c1)OCO2)c1ccc(OCc2ccccc2)cc1. The van der Waals surface area contributed by atoms with E-state index >= 15 is 0 Å². The molecule has 0 unspecified atom stereocenters. The molecule has 3 aromatic carbocycles. The summed E-state index contributed by atoms with van der Waals surface area (Å²) < 4.78 is 16.3. The number of nitrogens with zero attached hydrogens (tertiary/aromatic N) is 1. The molecule has 0 aromatic heterocycles. The molecule has 1 aliphatic heterocycles. The molecule has 0 spiro atoms. The van der Waals surface area contributed by atoms with Crippen molar-refractivity contribution in [2.75, 3.05) is 6.79 Å². The van der Waals surface area contributed by atoms with Gasteiger partial charge in [-0.2, -0.15) is 5.10 Å². The van der Waals surface area contributed by atoms with E-state index in [1.54, 1.807) is 18.2 Å². The molecule has 0 bridgehead atoms. The standard InChI is InChI=1S/C23H20N2O4/c1-16(24-25-23(26)19-9-12-21-22(13-19)29-15-28-21)18-7-10-20(11-8-18)27-14-17-5-3-2-4-6-17/h2-13H,14-15H2,1H3,(H,25,26)/b24-16-. The van der Waals surface area contributed by atoms with Crippen molar-refractivity contribution in [2.24, 2.45) is 5.10 Å². The third kappa shape index (κ3) is 4.55. The van der Waals surface area contributed by atoms with Gasteiger partial charge < -0.3 is 14.2 Å². The fourth-order valence-corrected chi connectivity index (χ4v) is 2.83. The fraction of sp³-hybridized carbons (Fsp3) is 0.130. The third-order valence-electron chi connectivity index (χ3n) is 4.48. The largest absolute Gasteiger partial charge is 0.489 e. The van der Waals surface area contributed by atoms with Gasteiger partial charge in [-0.05, 0) is 60.5 Å². The van der Waals surface area contributed by atoms with E-state index in [2.05, 4.69) is 10.5 Å². The van der Waals surface area contributed by atoms with E-state index in [1.165, 1.54) is 0 Å². The lowest BCUT2D eigenvalue weighted by Gasteiger charge is -2.08. The molecule has 0 saturated heterocycles. The second kappa shape index (κ2) is 8.48. The minimum atomic E-state index is -0.314. The summed E-state index contributed by atoms with van der Waals surface area (Å²) >= 11 is 0. The number of hydrogen-bond donors (Lipinski definition) is 1. The van der Waals surface area contributed by atoms with E-state index in [0.29, 0.717) is 29.4 Å². The zero-order chi connectivity index (χ0) is 20.1. The van der Waals surface area contributed by atoms with Gasteiger partial charge in [0.05, 0.1) is 5.71 Å². The first-order chi connectivity index (χ1) is 14.2. The van der Waals surface area contributed by atoms with E-state index in [-0.39, 0.29) is 12.7 Å². The Bertz CT molecular complexity index is 1030. The summed E-state index contributed by atoms with van der Waals surface area (Å²) in [5.74, 6) is 1.65. The second-order valence-electron chi connectivity index (χ2n) is 6.50. The first kappa shape index (κ1) is 18.6. The molecule has 1 amide bonds. The van der Waals surface area contributed by atoms with Gasteiger partial charge in [0.2, 0.25) is 6.79 Å². The topological polar surface area (TPSA) is 69.2 Å². The van der Waals surface area contributed by atoms with Crippen molar-refractivity contribution in [1.82, 2.24) is 5.43 Å². The summed E-state index contributed by atoms with van der Waals surface area (Å²) in [6.45, 7) is 2.52. The maximum Gasteiger partial charge on any atom is 0.271 e. The zero-order valence-corrected chi connectivity index (χ0v) is 15.9. The number of carbonyl (C=O) groups is 1. The zero-order valence-electron chi connectivity index (χ0n) is 15.9. The minimum absolute atomic E-state index is 0.169. The number of hydrogen-bond acceptors (Lipinski definition) is 5. The summed E-state index contributed by atoms with van der Waals surface area (Å²) in [5, 5.41) is 4.19. The maximum absolute atomic E-state index is 12.3. The average molecular weight is 388 g/mol. The molecule has 6 heteroatoms. The minimum Gasteiger partial charge on any atom is -0.489 e. The highest BCUT2D eigenvalue weighted by Crippen LogP contribution is 2.32. The summed E-state index contributed by atoms with van der Waals surface area (Å²) in [5.41, 5.74) is 5.72. The summed E-state index contributed by atoms with van der Waals surface area (Å²) in [6, 6.07) is 22.6. The molecule has 3 aromatic rings. The van der Waals surface area contributed by atoms with Crippen molar-refractivity contribution in [3.63, 3.8) is 0 Å². The molecule has 0 saturated carbocycles. The van der Waals surface area contributed by atoms with Crippen molar-refractivity contribution in [1.29, 1.82) is 0 Å². The smallest absolute Gasteiger partial charge is 0.271 e. The Morgan fingerprint density at radius 1 is 0.966 bits per heavy atom. The molecule has 0 fully saturated rings. The highest BCUT2D eigenvalue weighted by molar-refractivity contribution is 6.01. The highest BCUT2D eigenvalue weighted by Gasteiger charge is 2.16. The van der Waals surface area contributed by atoms with Crippen LogP contribution in [0.5, 0.6) is 17.2 Å². The van der Waals surface area contributed by atoms with Crippen LogP contribution in [0.15, 0.2) is 77.9 Å². The van der Waals surface area contributed by atoms with Gasteiger partial charge in [-0.3, -0.25) is 4.79 Å². The molecular formula is C23H20N2O4. The Balaban J connectivity index is 1.35. The van der Waals surface area contributed by atoms with Crippen LogP contribution in [0.3, 0.4) is 0 Å². The molecule has 0 aliphatic carbocycles. The van der Waals surface area contributed by atoms with Crippen LogP contribution in [0, 0.1) is 0 Å². The number of fused-ring (bicyclic) bond motifs is 1. The van der Waals surface area contributed by atoms with Crippen molar-refractivity contribution >= 4 is 11.6 Å². The Kier molecular flexibility index (Phi) is 5.42. The van der Waals surface area contributed by atoms with E-state index in [1.807, 2.05) is 61.5 Å². The quantitative estimate of drug-likeness (QED) is 0.509. The Morgan fingerprint density at radius 2 is 1.69 bits per heavy atom. The highest BCUT2D eigenvalue weighted by atomic mass is 16.7. The normalized spacial score (nSPS) is 12.5. The van der Waals surface area contributed by atoms with Crippen LogP contribution in [-0.4, -0.2) is 18.4 Å². The van der Waals surface area contributed by atoms with Crippen molar-refractivity contribution in [2.45, 2.75) is 13.5 Å². The van der Waals surface area contributed by atoms with Gasteiger partial charge in [0.15, 0.2) is 11.5 Å². The number of nitrogens with one attached hydrogen (secondary N) is 1. The van der Waals surface area contributed by atoms with Crippen LogP contribution in [0.25, 0.3) is 0 Å². The van der Waals surface area contributed by atoms with Crippen LogP contribution < -0.4 is 19.6 Å². The lowest BCUT2D eigenvalue weighted by molar-refractivity contribution is 0.0954. The number of rotatable bonds is 6. The van der Waals surface area contributed by atoms with Gasteiger partial charge >= 0.3 is 0 Å². The number of hydrazone groups is 1. The predicted molar refractivity (Wildman–Crippen MR) is 109 cm³/mol. The number of ether oxygens (including phenoxy) is 3. The molecule has 146 valence electrons. The first-order valence-electron chi connectivity index (χ1n) is 9.20. The van der Waals surface area contributed by atoms with Gasteiger partial charge in [0, 0.05) is 5.56 Å². The second-order valence-corrected chi connectivity index (χ2v) is 6.50. The maximum atomic E-state index is 12.3. The number of amides is 1. The molecule has 29 heavy (non-hydrogen) atoms. The fourth-order valence-electron chi connectivity index (χ4n) is 2.83. The van der Waals surface area contributed by atoms with E-state index < -0.39 is 0 Å². The number of benzene rings is 3. The van der Waals surface area contributed by atoms with Gasteiger partial charge in [0.1, 0.15) is 12.4 Å². The van der Waals surface area contributed by atoms with E-state index in [4.69, 9.17) is 14.2 Å². The molecule has 6 nitrogen and oxygen atoms in total. The van der Waals surface area contributed by atoms with Gasteiger partial charge in [0.25, 0.3) is 5.91 Å². The summed E-state index contributed by atoms with van der Waals surface area (Å²) in [7, 11) is 0. The molecule has 1 heterocycles. The summed E-state index contributed by atoms with van der Waals surface area (Å²) in [6.07, 6.45) is 0. The van der Waals surface area contributed by atoms with Crippen molar-refractivity contribution in [3.05, 3.63) is 89.5 Å². The molecular weight excluding hydrogens is 368 g/mol. The Hall–Kier alpha value is -3.80. The third-order valence-corrected chi connectivity index (χ3v) is 4.48. The lowest BCUT2D eigenvalue weighted by Crippen LogP contribution is -2.19. The molecule has 1 N–H and O–H groups in total. The van der Waals surface area contributed by atoms with Gasteiger partial charge in [-0.25, -0.2) is 5.43 Å². The van der Waals surface area contributed by atoms with Gasteiger partial charge in [-0.1, -0.05) is 30.3 Å². The Labute approximate surface area is 168 Å². The van der Waals surface area contributed by atoms with Gasteiger partial charge in [-0.15, -0.1) is 0 Å². The number of carbonyl (C=O) groups excluding carboxylic acids is 1. The van der Waals surface area contributed by atoms with Crippen molar-refractivity contribution in [3.8, 4) is 17.2 Å². The molecule has 4 rings (SSSR count). The average Bonchev–Trinajstić information content (AvgIpc) is 3.25. The van der Waals surface area contributed by atoms with E-state index in [0.717, 1.165) is 16.9 Å². The first-order valence-corrected chi connectivity index (χ1v) is 9.20. The van der Waals surface area contributed by atoms with Crippen LogP contribution in [0.1, 0.15) is 28.4 Å². The molecule has 0 radical (unpaired) electrons. The lowest BCUT2D eigenvalue weighted by atomic mass is 10.1. The van der Waals surface area contributed by atoms with Crippen molar-refractivity contribution < 1.29 is 19.0 Å². The van der Waals surface area contributed by atoms with E-state index in [9.17, 15) is 4.79 Å².